The topological polar surface area (TPSA) is 200 Å². The van der Waals surface area contributed by atoms with Crippen LogP contribution in [0.25, 0.3) is 22.2 Å². The Labute approximate surface area is 321 Å². The van der Waals surface area contributed by atoms with Crippen LogP contribution in [0.5, 0.6) is 5.75 Å². The fourth-order valence-corrected chi connectivity index (χ4v) is 7.38. The Balaban J connectivity index is 0.765. The van der Waals surface area contributed by atoms with Crippen LogP contribution in [0.2, 0.25) is 5.02 Å². The van der Waals surface area contributed by atoms with Crippen LogP contribution in [-0.4, -0.2) is 125 Å². The Morgan fingerprint density at radius 1 is 1.04 bits per heavy atom. The highest BCUT2D eigenvalue weighted by Gasteiger charge is 2.45. The summed E-state index contributed by atoms with van der Waals surface area (Å²) in [6.45, 7) is 4.09. The average molecular weight is 775 g/mol. The fourth-order valence-electron chi connectivity index (χ4n) is 7.19. The lowest BCUT2D eigenvalue weighted by Crippen LogP contribution is -2.53. The van der Waals surface area contributed by atoms with Crippen LogP contribution in [0.3, 0.4) is 0 Å². The number of amides is 4. The molecule has 2 aromatic heterocycles. The molecule has 5 heterocycles. The van der Waals surface area contributed by atoms with Gasteiger partial charge in [0.15, 0.2) is 12.8 Å². The standard InChI is InChI=1S/C38H43ClN8O8/c39-27-20-42-38(45-34(27)26-19-41-28-8-2-1-6-24(26)28)43-23-5-4-13-46(21-23)14-16-54-18-17-53-15-12-40-32(49)22-55-30-9-3-7-25-33(30)37(52)47(36(25)51)29-10-11-31(48)44-35(29)50/h1-3,6-9,19-20,23,29,36,41,51H,4-5,10-18,21-22H2,(H,40,49)(H,42,43,45)(H,44,48,50)/t23-,29?,36?/m1/s1. The maximum Gasteiger partial charge on any atom is 0.261 e. The number of imide groups is 1. The quantitative estimate of drug-likeness (QED) is 0.0825. The zero-order valence-electron chi connectivity index (χ0n) is 30.1. The SMILES string of the molecule is O=C(COc1cccc2c1C(=O)N(C1CCC(=O)NC1=O)C2O)NCCOCCOCCN1CCC[C@@H](Nc2ncc(Cl)c(-c3c[nH]c4ccccc34)n2)C1. The summed E-state index contributed by atoms with van der Waals surface area (Å²) >= 11 is 6.52. The van der Waals surface area contributed by atoms with Gasteiger partial charge >= 0.3 is 0 Å². The first-order valence-electron chi connectivity index (χ1n) is 18.4. The van der Waals surface area contributed by atoms with Gasteiger partial charge in [0.2, 0.25) is 17.8 Å². The maximum atomic E-state index is 13.3. The number of likely N-dealkylation sites (tertiary alicyclic amines) is 1. The van der Waals surface area contributed by atoms with Crippen molar-refractivity contribution in [3.05, 3.63) is 71.0 Å². The van der Waals surface area contributed by atoms with Crippen LogP contribution in [-0.2, 0) is 23.9 Å². The number of benzene rings is 2. The van der Waals surface area contributed by atoms with E-state index in [4.69, 9.17) is 30.8 Å². The summed E-state index contributed by atoms with van der Waals surface area (Å²) in [6, 6.07) is 11.9. The first kappa shape index (κ1) is 38.2. The zero-order chi connectivity index (χ0) is 38.3. The predicted molar refractivity (Wildman–Crippen MR) is 201 cm³/mol. The van der Waals surface area contributed by atoms with E-state index in [0.717, 1.165) is 53.8 Å². The summed E-state index contributed by atoms with van der Waals surface area (Å²) in [6.07, 6.45) is 4.38. The summed E-state index contributed by atoms with van der Waals surface area (Å²) in [5, 5.41) is 20.8. The van der Waals surface area contributed by atoms with Crippen molar-refractivity contribution in [2.75, 3.05) is 64.5 Å². The third kappa shape index (κ3) is 8.89. The smallest absolute Gasteiger partial charge is 0.261 e. The highest BCUT2D eigenvalue weighted by atomic mass is 35.5. The van der Waals surface area contributed by atoms with Crippen LogP contribution in [0.4, 0.5) is 5.95 Å². The van der Waals surface area contributed by atoms with Crippen LogP contribution in [0, 0.1) is 0 Å². The predicted octanol–water partition coefficient (Wildman–Crippen LogP) is 2.63. The second-order valence-electron chi connectivity index (χ2n) is 13.6. The Morgan fingerprint density at radius 2 is 1.87 bits per heavy atom. The molecule has 2 fully saturated rings. The van der Waals surface area contributed by atoms with Gasteiger partial charge in [-0.15, -0.1) is 0 Å². The van der Waals surface area contributed by atoms with Crippen molar-refractivity contribution in [3.8, 4) is 17.0 Å². The lowest BCUT2D eigenvalue weighted by atomic mass is 10.0. The molecule has 2 aromatic carbocycles. The number of nitrogens with one attached hydrogen (secondary N) is 4. The van der Waals surface area contributed by atoms with E-state index in [1.807, 2.05) is 30.5 Å². The van der Waals surface area contributed by atoms with Crippen molar-refractivity contribution >= 4 is 52.1 Å². The molecule has 4 aromatic rings. The number of halogens is 1. The van der Waals surface area contributed by atoms with Crippen LogP contribution in [0.1, 0.15) is 47.8 Å². The molecular formula is C38H43ClN8O8. The molecule has 16 nitrogen and oxygen atoms in total. The van der Waals surface area contributed by atoms with Crippen LogP contribution in [0.15, 0.2) is 54.9 Å². The van der Waals surface area contributed by atoms with Crippen molar-refractivity contribution < 1.29 is 38.5 Å². The van der Waals surface area contributed by atoms with Gasteiger partial charge in [-0.25, -0.2) is 9.97 Å². The van der Waals surface area contributed by atoms with Gasteiger partial charge in [0.25, 0.3) is 11.8 Å². The summed E-state index contributed by atoms with van der Waals surface area (Å²) < 4.78 is 17.0. The van der Waals surface area contributed by atoms with Crippen molar-refractivity contribution in [1.29, 1.82) is 0 Å². The number of rotatable bonds is 16. The number of hydrogen-bond acceptors (Lipinski definition) is 12. The maximum absolute atomic E-state index is 13.3. The molecule has 17 heteroatoms. The van der Waals surface area contributed by atoms with Crippen molar-refractivity contribution in [2.24, 2.45) is 0 Å². The molecule has 290 valence electrons. The number of carbonyl (C=O) groups is 4. The largest absolute Gasteiger partial charge is 0.483 e. The molecule has 0 bridgehead atoms. The molecule has 2 unspecified atom stereocenters. The van der Waals surface area contributed by atoms with E-state index in [0.29, 0.717) is 36.5 Å². The van der Waals surface area contributed by atoms with E-state index >= 15 is 0 Å². The van der Waals surface area contributed by atoms with Gasteiger partial charge in [0, 0.05) is 60.3 Å². The number of fused-ring (bicyclic) bond motifs is 2. The number of carbonyl (C=O) groups excluding carboxylic acids is 4. The molecule has 3 atom stereocenters. The minimum Gasteiger partial charge on any atom is -0.483 e. The Kier molecular flexibility index (Phi) is 12.2. The number of aromatic nitrogens is 3. The second kappa shape index (κ2) is 17.6. The van der Waals surface area contributed by atoms with E-state index in [1.165, 1.54) is 6.07 Å². The number of aromatic amines is 1. The Morgan fingerprint density at radius 3 is 2.73 bits per heavy atom. The van der Waals surface area contributed by atoms with Gasteiger partial charge in [0.1, 0.15) is 11.8 Å². The number of H-pyrrole nitrogens is 1. The van der Waals surface area contributed by atoms with Gasteiger partial charge in [-0.2, -0.15) is 0 Å². The van der Waals surface area contributed by atoms with E-state index in [2.05, 4.69) is 30.8 Å². The first-order valence-corrected chi connectivity index (χ1v) is 18.7. The normalized spacial score (nSPS) is 20.1. The molecule has 0 saturated carbocycles. The summed E-state index contributed by atoms with van der Waals surface area (Å²) in [4.78, 5) is 65.5. The Bertz CT molecular complexity index is 2040. The number of piperidine rings is 2. The van der Waals surface area contributed by atoms with Crippen molar-refractivity contribution in [1.82, 2.24) is 35.4 Å². The van der Waals surface area contributed by atoms with Crippen molar-refractivity contribution in [3.63, 3.8) is 0 Å². The van der Waals surface area contributed by atoms with E-state index in [1.54, 1.807) is 18.3 Å². The lowest BCUT2D eigenvalue weighted by molar-refractivity contribution is -0.139. The molecule has 3 aliphatic heterocycles. The monoisotopic (exact) mass is 774 g/mol. The number of aliphatic hydroxyl groups excluding tert-OH is 1. The summed E-state index contributed by atoms with van der Waals surface area (Å²) in [5.74, 6) is -1.44. The minimum absolute atomic E-state index is 0.0558. The molecule has 4 amide bonds. The van der Waals surface area contributed by atoms with Crippen molar-refractivity contribution in [2.45, 2.75) is 44.0 Å². The number of nitrogens with zero attached hydrogens (tertiary/aromatic N) is 4. The highest BCUT2D eigenvalue weighted by molar-refractivity contribution is 6.33. The fraction of sp³-hybridized carbons (Fsp3) is 0.421. The van der Waals surface area contributed by atoms with Gasteiger partial charge in [0.05, 0.1) is 48.9 Å². The molecular weight excluding hydrogens is 732 g/mol. The molecule has 0 spiro atoms. The Hall–Kier alpha value is -5.13. The molecule has 2 saturated heterocycles. The molecule has 0 radical (unpaired) electrons. The first-order chi connectivity index (χ1) is 26.8. The number of hydrogen-bond donors (Lipinski definition) is 5. The number of ether oxygens (including phenoxy) is 3. The average Bonchev–Trinajstić information content (AvgIpc) is 3.72. The second-order valence-corrected chi connectivity index (χ2v) is 14.0. The van der Waals surface area contributed by atoms with E-state index in [9.17, 15) is 24.3 Å². The molecule has 55 heavy (non-hydrogen) atoms. The summed E-state index contributed by atoms with van der Waals surface area (Å²) in [7, 11) is 0. The zero-order valence-corrected chi connectivity index (χ0v) is 30.8. The van der Waals surface area contributed by atoms with E-state index < -0.39 is 35.9 Å². The van der Waals surface area contributed by atoms with Gasteiger partial charge in [-0.1, -0.05) is 41.9 Å². The molecule has 7 rings (SSSR count). The van der Waals surface area contributed by atoms with Gasteiger partial charge < -0.3 is 34.9 Å². The van der Waals surface area contributed by atoms with Crippen LogP contribution < -0.4 is 20.7 Å². The number of aliphatic hydroxyl groups is 1. The third-order valence-corrected chi connectivity index (χ3v) is 10.1. The van der Waals surface area contributed by atoms with Crippen LogP contribution >= 0.6 is 11.6 Å². The van der Waals surface area contributed by atoms with Gasteiger partial charge in [-0.3, -0.25) is 34.3 Å². The highest BCUT2D eigenvalue weighted by Crippen LogP contribution is 2.39. The number of anilines is 1. The summed E-state index contributed by atoms with van der Waals surface area (Å²) in [5.41, 5.74) is 2.99. The minimum atomic E-state index is -1.38. The molecule has 0 aliphatic carbocycles. The van der Waals surface area contributed by atoms with Gasteiger partial charge in [-0.05, 0) is 37.9 Å². The molecule has 5 N–H and O–H groups in total. The lowest BCUT2D eigenvalue weighted by Gasteiger charge is -2.33. The molecule has 3 aliphatic rings. The third-order valence-electron chi connectivity index (χ3n) is 9.87. The number of para-hydroxylation sites is 1. The van der Waals surface area contributed by atoms with E-state index in [-0.39, 0.29) is 55.5 Å².